The fraction of sp³-hybridized carbons (Fsp3) is 0.500. The average molecular weight is 263 g/mol. The molecule has 1 amide bonds. The first kappa shape index (κ1) is 13.8. The molecule has 0 saturated carbocycles. The molecule has 0 spiro atoms. The number of rotatable bonds is 4. The molecule has 5 heteroatoms. The third kappa shape index (κ3) is 3.45. The van der Waals surface area contributed by atoms with Crippen molar-refractivity contribution in [1.29, 1.82) is 0 Å². The topological polar surface area (TPSA) is 67.6 Å². The van der Waals surface area contributed by atoms with Crippen LogP contribution in [0.4, 0.5) is 5.69 Å². The Morgan fingerprint density at radius 2 is 2.32 bits per heavy atom. The van der Waals surface area contributed by atoms with Crippen molar-refractivity contribution in [2.45, 2.75) is 32.0 Å². The Bertz CT molecular complexity index is 450. The molecule has 1 aromatic rings. The van der Waals surface area contributed by atoms with Gasteiger partial charge >= 0.3 is 0 Å². The van der Waals surface area contributed by atoms with E-state index in [-0.39, 0.29) is 12.0 Å². The Morgan fingerprint density at radius 3 is 3.00 bits per heavy atom. The van der Waals surface area contributed by atoms with Gasteiger partial charge in [-0.15, -0.1) is 0 Å². The van der Waals surface area contributed by atoms with E-state index < -0.39 is 6.10 Å². The van der Waals surface area contributed by atoms with Crippen LogP contribution in [0.2, 0.25) is 0 Å². The van der Waals surface area contributed by atoms with Gasteiger partial charge in [0.25, 0.3) is 5.91 Å². The lowest BCUT2D eigenvalue weighted by atomic mass is 10.1. The molecule has 2 unspecified atom stereocenters. The molecule has 2 atom stereocenters. The number of benzene rings is 1. The second-order valence-electron chi connectivity index (χ2n) is 5.05. The van der Waals surface area contributed by atoms with Crippen LogP contribution in [-0.4, -0.2) is 31.7 Å². The molecule has 104 valence electrons. The van der Waals surface area contributed by atoms with Crippen LogP contribution < -0.4 is 16.2 Å². The Kier molecular flexibility index (Phi) is 4.39. The summed E-state index contributed by atoms with van der Waals surface area (Å²) < 4.78 is 5.70. The quantitative estimate of drug-likeness (QED) is 0.482. The molecule has 5 nitrogen and oxygen atoms in total. The van der Waals surface area contributed by atoms with E-state index in [9.17, 15) is 4.79 Å². The Labute approximate surface area is 113 Å². The van der Waals surface area contributed by atoms with E-state index in [1.807, 2.05) is 13.1 Å². The van der Waals surface area contributed by atoms with E-state index in [4.69, 9.17) is 10.6 Å². The summed E-state index contributed by atoms with van der Waals surface area (Å²) in [7, 11) is 2.04. The normalized spacial score (nSPS) is 22.3. The molecule has 1 aromatic carbocycles. The van der Waals surface area contributed by atoms with Gasteiger partial charge in [0.05, 0.1) is 6.10 Å². The first-order valence-electron chi connectivity index (χ1n) is 6.54. The molecular formula is C14H21N3O2. The summed E-state index contributed by atoms with van der Waals surface area (Å²) in [5.74, 6) is 4.88. The van der Waals surface area contributed by atoms with Crippen molar-refractivity contribution in [2.24, 2.45) is 5.84 Å². The number of carbonyl (C=O) groups excluding carboxylic acids is 1. The zero-order chi connectivity index (χ0) is 13.8. The fourth-order valence-corrected chi connectivity index (χ4v) is 2.40. The van der Waals surface area contributed by atoms with Gasteiger partial charge in [0.2, 0.25) is 0 Å². The smallest absolute Gasteiger partial charge is 0.263 e. The number of hydrazine groups is 1. The molecule has 19 heavy (non-hydrogen) atoms. The molecule has 2 rings (SSSR count). The predicted molar refractivity (Wildman–Crippen MR) is 74.7 cm³/mol. The van der Waals surface area contributed by atoms with Gasteiger partial charge in [-0.1, -0.05) is 12.1 Å². The number of nitrogens with zero attached hydrogens (tertiary/aromatic N) is 1. The second-order valence-corrected chi connectivity index (χ2v) is 5.05. The number of likely N-dealkylation sites (N-methyl/N-ethyl adjacent to an activating group) is 1. The highest BCUT2D eigenvalue weighted by atomic mass is 16.5. The summed E-state index contributed by atoms with van der Waals surface area (Å²) in [4.78, 5) is 13.5. The molecule has 0 radical (unpaired) electrons. The monoisotopic (exact) mass is 263 g/mol. The predicted octanol–water partition coefficient (Wildman–Crippen LogP) is 0.969. The van der Waals surface area contributed by atoms with E-state index in [0.29, 0.717) is 0 Å². The molecule has 0 aromatic heterocycles. The minimum atomic E-state index is -0.402. The number of hydrogen-bond acceptors (Lipinski definition) is 4. The molecule has 1 saturated heterocycles. The van der Waals surface area contributed by atoms with Crippen molar-refractivity contribution in [2.75, 3.05) is 18.5 Å². The van der Waals surface area contributed by atoms with Crippen molar-refractivity contribution < 1.29 is 9.53 Å². The molecule has 1 heterocycles. The van der Waals surface area contributed by atoms with Gasteiger partial charge in [-0.25, -0.2) is 5.84 Å². The van der Waals surface area contributed by atoms with Crippen molar-refractivity contribution in [3.05, 3.63) is 29.8 Å². The standard InChI is InChI=1S/C14H21N3O2/c1-10-4-3-5-11(8-10)17(2)9-12-6-7-13(19-12)14(18)16-15/h3-5,8,12-13H,6-7,9,15H2,1-2H3,(H,16,18). The molecule has 1 fully saturated rings. The van der Waals surface area contributed by atoms with E-state index in [1.54, 1.807) is 0 Å². The number of anilines is 1. The molecule has 0 aliphatic carbocycles. The van der Waals surface area contributed by atoms with Gasteiger partial charge in [0, 0.05) is 19.3 Å². The van der Waals surface area contributed by atoms with Crippen LogP contribution in [0, 0.1) is 6.92 Å². The number of nitrogens with one attached hydrogen (secondary N) is 1. The van der Waals surface area contributed by atoms with E-state index in [0.717, 1.165) is 25.1 Å². The van der Waals surface area contributed by atoms with Crippen LogP contribution in [0.1, 0.15) is 18.4 Å². The number of amides is 1. The van der Waals surface area contributed by atoms with Gasteiger partial charge in [-0.2, -0.15) is 0 Å². The average Bonchev–Trinajstić information content (AvgIpc) is 2.86. The minimum absolute atomic E-state index is 0.0767. The van der Waals surface area contributed by atoms with Crippen LogP contribution in [0.5, 0.6) is 0 Å². The third-order valence-corrected chi connectivity index (χ3v) is 3.46. The number of nitrogens with two attached hydrogens (primary N) is 1. The summed E-state index contributed by atoms with van der Waals surface area (Å²) >= 11 is 0. The molecule has 3 N–H and O–H groups in total. The maximum atomic E-state index is 11.4. The number of aryl methyl sites for hydroxylation is 1. The summed E-state index contributed by atoms with van der Waals surface area (Å²) in [5, 5.41) is 0. The van der Waals surface area contributed by atoms with Gasteiger partial charge in [0.15, 0.2) is 0 Å². The van der Waals surface area contributed by atoms with E-state index in [1.165, 1.54) is 5.56 Å². The minimum Gasteiger partial charge on any atom is -0.372 e. The zero-order valence-electron chi connectivity index (χ0n) is 11.4. The highest BCUT2D eigenvalue weighted by Crippen LogP contribution is 2.22. The summed E-state index contributed by atoms with van der Waals surface area (Å²) in [6, 6.07) is 8.33. The highest BCUT2D eigenvalue weighted by molar-refractivity contribution is 5.80. The third-order valence-electron chi connectivity index (χ3n) is 3.46. The molecule has 0 bridgehead atoms. The molecular weight excluding hydrogens is 242 g/mol. The number of ether oxygens (including phenoxy) is 1. The van der Waals surface area contributed by atoms with Crippen LogP contribution >= 0.6 is 0 Å². The summed E-state index contributed by atoms with van der Waals surface area (Å²) in [5.41, 5.74) is 4.54. The lowest BCUT2D eigenvalue weighted by Crippen LogP contribution is -2.40. The summed E-state index contributed by atoms with van der Waals surface area (Å²) in [6.45, 7) is 2.85. The van der Waals surface area contributed by atoms with Gasteiger partial charge in [-0.05, 0) is 37.5 Å². The molecule has 1 aliphatic rings. The first-order chi connectivity index (χ1) is 9.10. The Balaban J connectivity index is 1.90. The van der Waals surface area contributed by atoms with Crippen molar-refractivity contribution in [3.8, 4) is 0 Å². The van der Waals surface area contributed by atoms with Crippen LogP contribution in [0.25, 0.3) is 0 Å². The maximum Gasteiger partial charge on any atom is 0.263 e. The fourth-order valence-electron chi connectivity index (χ4n) is 2.40. The Morgan fingerprint density at radius 1 is 1.53 bits per heavy atom. The second kappa shape index (κ2) is 6.04. The van der Waals surface area contributed by atoms with Crippen molar-refractivity contribution in [3.63, 3.8) is 0 Å². The summed E-state index contributed by atoms with van der Waals surface area (Å²) in [6.07, 6.45) is 1.29. The first-order valence-corrected chi connectivity index (χ1v) is 6.54. The molecule has 1 aliphatic heterocycles. The number of carbonyl (C=O) groups is 1. The van der Waals surface area contributed by atoms with Gasteiger partial charge in [-0.3, -0.25) is 10.2 Å². The van der Waals surface area contributed by atoms with Crippen LogP contribution in [0.15, 0.2) is 24.3 Å². The van der Waals surface area contributed by atoms with Crippen LogP contribution in [0.3, 0.4) is 0 Å². The Hall–Kier alpha value is -1.59. The van der Waals surface area contributed by atoms with Crippen molar-refractivity contribution >= 4 is 11.6 Å². The van der Waals surface area contributed by atoms with E-state index >= 15 is 0 Å². The lowest BCUT2D eigenvalue weighted by molar-refractivity contribution is -0.131. The SMILES string of the molecule is Cc1cccc(N(C)CC2CCC(C(=O)NN)O2)c1. The maximum absolute atomic E-state index is 11.4. The van der Waals surface area contributed by atoms with E-state index in [2.05, 4.69) is 35.4 Å². The lowest BCUT2D eigenvalue weighted by Gasteiger charge is -2.23. The van der Waals surface area contributed by atoms with Crippen LogP contribution in [-0.2, 0) is 9.53 Å². The van der Waals surface area contributed by atoms with Crippen molar-refractivity contribution in [1.82, 2.24) is 5.43 Å². The highest BCUT2D eigenvalue weighted by Gasteiger charge is 2.30. The van der Waals surface area contributed by atoms with Gasteiger partial charge in [0.1, 0.15) is 6.10 Å². The zero-order valence-corrected chi connectivity index (χ0v) is 11.4. The largest absolute Gasteiger partial charge is 0.372 e. The van der Waals surface area contributed by atoms with Gasteiger partial charge < -0.3 is 9.64 Å². The number of hydrogen-bond donors (Lipinski definition) is 2.